The SMILES string of the molecule is COC(=O)NC[C@H]1[C@@H](O)[C@H](n2cnc3c(=O)[nH]c(N)nc32)O[C@@H]1COP(=O)(O)O. The number of nitrogens with one attached hydrogen (secondary N) is 2. The highest BCUT2D eigenvalue weighted by Gasteiger charge is 2.46. The monoisotopic (exact) mass is 434 g/mol. The molecule has 2 aromatic heterocycles. The van der Waals surface area contributed by atoms with Gasteiger partial charge in [0.05, 0.1) is 26.1 Å². The maximum Gasteiger partial charge on any atom is 0.469 e. The van der Waals surface area contributed by atoms with Crippen molar-refractivity contribution in [2.45, 2.75) is 18.4 Å². The summed E-state index contributed by atoms with van der Waals surface area (Å²) in [5.41, 5.74) is 4.95. The number of nitrogens with zero attached hydrogens (tertiary/aromatic N) is 3. The molecule has 1 fully saturated rings. The van der Waals surface area contributed by atoms with Gasteiger partial charge in [-0.2, -0.15) is 4.98 Å². The van der Waals surface area contributed by atoms with E-state index in [4.69, 9.17) is 20.3 Å². The zero-order chi connectivity index (χ0) is 21.3. The number of H-pyrrole nitrogens is 1. The Bertz CT molecular complexity index is 1000. The van der Waals surface area contributed by atoms with Crippen molar-refractivity contribution < 1.29 is 38.3 Å². The quantitative estimate of drug-likeness (QED) is 0.273. The summed E-state index contributed by atoms with van der Waals surface area (Å²) in [4.78, 5) is 51.4. The number of rotatable bonds is 6. The van der Waals surface area contributed by atoms with Gasteiger partial charge in [-0.3, -0.25) is 18.9 Å². The van der Waals surface area contributed by atoms with Crippen LogP contribution in [0, 0.1) is 5.92 Å². The Morgan fingerprint density at radius 1 is 1.52 bits per heavy atom. The number of aromatic amines is 1. The van der Waals surface area contributed by atoms with Gasteiger partial charge in [0.1, 0.15) is 6.10 Å². The van der Waals surface area contributed by atoms with Gasteiger partial charge in [0.15, 0.2) is 17.4 Å². The number of anilines is 1. The Morgan fingerprint density at radius 2 is 2.24 bits per heavy atom. The van der Waals surface area contributed by atoms with Crippen LogP contribution in [0.5, 0.6) is 0 Å². The minimum Gasteiger partial charge on any atom is -0.453 e. The molecule has 4 atom stereocenters. The summed E-state index contributed by atoms with van der Waals surface area (Å²) in [5, 5.41) is 13.1. The normalized spacial score (nSPS) is 24.7. The van der Waals surface area contributed by atoms with Gasteiger partial charge < -0.3 is 35.4 Å². The number of carbonyl (C=O) groups excluding carboxylic acids is 1. The summed E-state index contributed by atoms with van der Waals surface area (Å²) < 4.78 is 27.0. The van der Waals surface area contributed by atoms with Crippen LogP contribution in [0.25, 0.3) is 11.2 Å². The van der Waals surface area contributed by atoms with Crippen LogP contribution in [0.3, 0.4) is 0 Å². The van der Waals surface area contributed by atoms with Crippen LogP contribution >= 0.6 is 7.82 Å². The Labute approximate surface area is 162 Å². The van der Waals surface area contributed by atoms with Crippen LogP contribution in [0.1, 0.15) is 6.23 Å². The number of alkyl carbamates (subject to hydrolysis) is 1. The predicted molar refractivity (Wildman–Crippen MR) is 94.4 cm³/mol. The van der Waals surface area contributed by atoms with Gasteiger partial charge in [0, 0.05) is 12.5 Å². The van der Waals surface area contributed by atoms with E-state index < -0.39 is 50.4 Å². The summed E-state index contributed by atoms with van der Waals surface area (Å²) in [6, 6.07) is 0. The number of imidazole rings is 1. The number of nitrogen functional groups attached to an aromatic ring is 1. The van der Waals surface area contributed by atoms with Gasteiger partial charge in [-0.1, -0.05) is 0 Å². The minimum atomic E-state index is -4.81. The van der Waals surface area contributed by atoms with Crippen LogP contribution in [0.15, 0.2) is 11.1 Å². The Kier molecular flexibility index (Phi) is 5.88. The molecule has 160 valence electrons. The first-order valence-electron chi connectivity index (χ1n) is 8.18. The molecule has 29 heavy (non-hydrogen) atoms. The molecule has 16 heteroatoms. The molecule has 0 aliphatic carbocycles. The summed E-state index contributed by atoms with van der Waals surface area (Å²) >= 11 is 0. The number of aromatic nitrogens is 4. The molecule has 2 aromatic rings. The van der Waals surface area contributed by atoms with Crippen LogP contribution in [-0.4, -0.2) is 73.0 Å². The lowest BCUT2D eigenvalue weighted by Gasteiger charge is -2.20. The second kappa shape index (κ2) is 8.06. The number of fused-ring (bicyclic) bond motifs is 1. The average molecular weight is 434 g/mol. The highest BCUT2D eigenvalue weighted by molar-refractivity contribution is 7.46. The lowest BCUT2D eigenvalue weighted by molar-refractivity contribution is -0.0486. The Morgan fingerprint density at radius 3 is 2.90 bits per heavy atom. The van der Waals surface area contributed by atoms with Gasteiger partial charge in [0.25, 0.3) is 5.56 Å². The molecule has 0 radical (unpaired) electrons. The molecule has 0 spiro atoms. The average Bonchev–Trinajstić information content (AvgIpc) is 3.18. The number of phosphoric ester groups is 1. The second-order valence-corrected chi connectivity index (χ2v) is 7.39. The fourth-order valence-corrected chi connectivity index (χ4v) is 3.35. The third-order valence-electron chi connectivity index (χ3n) is 4.32. The number of methoxy groups -OCH3 is 1. The number of ether oxygens (including phenoxy) is 2. The van der Waals surface area contributed by atoms with E-state index in [0.29, 0.717) is 0 Å². The standard InChI is InChI=1S/C13H19N6O9P/c1-26-13(22)15-2-5-6(3-27-29(23,24)25)28-11(8(5)20)19-4-16-7-9(19)17-12(14)18-10(7)21/h4-6,8,11,20H,2-3H2,1H3,(H,15,22)(H2,23,24,25)(H3,14,17,18,21)/t5-,6-,8-,11-/m1/s1. The first-order chi connectivity index (χ1) is 13.6. The molecule has 0 unspecified atom stereocenters. The van der Waals surface area contributed by atoms with E-state index in [1.165, 1.54) is 10.9 Å². The van der Waals surface area contributed by atoms with E-state index in [2.05, 4.69) is 29.5 Å². The van der Waals surface area contributed by atoms with E-state index in [9.17, 15) is 19.3 Å². The number of amides is 1. The van der Waals surface area contributed by atoms with Crippen molar-refractivity contribution in [3.8, 4) is 0 Å². The van der Waals surface area contributed by atoms with Crippen LogP contribution in [0.4, 0.5) is 10.7 Å². The Balaban J connectivity index is 1.90. The van der Waals surface area contributed by atoms with Gasteiger partial charge in [-0.25, -0.2) is 14.3 Å². The fourth-order valence-electron chi connectivity index (χ4n) is 3.01. The van der Waals surface area contributed by atoms with Crippen LogP contribution in [0.2, 0.25) is 0 Å². The maximum absolute atomic E-state index is 11.9. The van der Waals surface area contributed by atoms with Crippen molar-refractivity contribution in [2.24, 2.45) is 5.92 Å². The van der Waals surface area contributed by atoms with E-state index in [1.54, 1.807) is 0 Å². The molecular weight excluding hydrogens is 415 g/mol. The van der Waals surface area contributed by atoms with E-state index in [-0.39, 0.29) is 23.7 Å². The van der Waals surface area contributed by atoms with Gasteiger partial charge >= 0.3 is 13.9 Å². The second-order valence-electron chi connectivity index (χ2n) is 6.15. The van der Waals surface area contributed by atoms with E-state index in [0.717, 1.165) is 7.11 Å². The lowest BCUT2D eigenvalue weighted by atomic mass is 9.98. The zero-order valence-corrected chi connectivity index (χ0v) is 15.9. The predicted octanol–water partition coefficient (Wildman–Crippen LogP) is -1.96. The Hall–Kier alpha value is -2.55. The topological polar surface area (TPSA) is 224 Å². The van der Waals surface area contributed by atoms with E-state index >= 15 is 0 Å². The maximum atomic E-state index is 11.9. The van der Waals surface area contributed by atoms with Gasteiger partial charge in [0.2, 0.25) is 5.95 Å². The number of hydrogen-bond acceptors (Lipinski definition) is 10. The van der Waals surface area contributed by atoms with Crippen molar-refractivity contribution in [3.05, 3.63) is 16.7 Å². The third kappa shape index (κ3) is 4.55. The molecule has 3 heterocycles. The molecule has 0 saturated carbocycles. The molecular formula is C13H19N6O9P. The highest BCUT2D eigenvalue weighted by atomic mass is 31.2. The van der Waals surface area contributed by atoms with Gasteiger partial charge in [-0.05, 0) is 0 Å². The molecule has 0 bridgehead atoms. The number of carbonyl (C=O) groups is 1. The van der Waals surface area contributed by atoms with Crippen molar-refractivity contribution in [2.75, 3.05) is 26.0 Å². The number of nitrogens with two attached hydrogens (primary N) is 1. The largest absolute Gasteiger partial charge is 0.469 e. The zero-order valence-electron chi connectivity index (χ0n) is 15.0. The highest BCUT2D eigenvalue weighted by Crippen LogP contribution is 2.40. The first kappa shape index (κ1) is 21.2. The minimum absolute atomic E-state index is 0.0338. The molecule has 1 amide bonds. The number of hydrogen-bond donors (Lipinski definition) is 6. The molecule has 7 N–H and O–H groups in total. The van der Waals surface area contributed by atoms with Crippen molar-refractivity contribution in [1.29, 1.82) is 0 Å². The summed E-state index contributed by atoms with van der Waals surface area (Å²) in [5.74, 6) is -1.02. The summed E-state index contributed by atoms with van der Waals surface area (Å²) in [6.45, 7) is -0.726. The number of aliphatic hydroxyl groups is 1. The molecule has 1 aliphatic rings. The molecule has 1 aliphatic heterocycles. The van der Waals surface area contributed by atoms with Crippen molar-refractivity contribution in [1.82, 2.24) is 24.8 Å². The first-order valence-corrected chi connectivity index (χ1v) is 9.71. The molecule has 15 nitrogen and oxygen atoms in total. The molecule has 0 aromatic carbocycles. The summed E-state index contributed by atoms with van der Waals surface area (Å²) in [7, 11) is -3.66. The van der Waals surface area contributed by atoms with Gasteiger partial charge in [-0.15, -0.1) is 0 Å². The molecule has 1 saturated heterocycles. The summed E-state index contributed by atoms with van der Waals surface area (Å²) in [6.07, 6.45) is -3.04. The van der Waals surface area contributed by atoms with Crippen molar-refractivity contribution >= 4 is 31.0 Å². The van der Waals surface area contributed by atoms with Crippen LogP contribution in [-0.2, 0) is 18.6 Å². The molecule has 3 rings (SSSR count). The fraction of sp³-hybridized carbons (Fsp3) is 0.538. The number of aliphatic hydroxyl groups excluding tert-OH is 1. The number of phosphoric acid groups is 1. The lowest BCUT2D eigenvalue weighted by Crippen LogP contribution is -2.39. The smallest absolute Gasteiger partial charge is 0.453 e. The van der Waals surface area contributed by atoms with Crippen molar-refractivity contribution in [3.63, 3.8) is 0 Å². The van der Waals surface area contributed by atoms with Crippen LogP contribution < -0.4 is 16.6 Å². The van der Waals surface area contributed by atoms with E-state index in [1.807, 2.05) is 0 Å². The third-order valence-corrected chi connectivity index (χ3v) is 4.81.